The van der Waals surface area contributed by atoms with E-state index in [4.69, 9.17) is 0 Å². The van der Waals surface area contributed by atoms with E-state index in [1.807, 2.05) is 12.5 Å². The monoisotopic (exact) mass is 216 g/mol. The molecule has 0 aliphatic rings. The third-order valence-corrected chi connectivity index (χ3v) is 4.82. The Morgan fingerprint density at radius 3 is 2.92 bits per heavy atom. The van der Waals surface area contributed by atoms with Gasteiger partial charge in [0.25, 0.3) is 0 Å². The summed E-state index contributed by atoms with van der Waals surface area (Å²) >= 11 is 5.37. The highest BCUT2D eigenvalue weighted by Crippen LogP contribution is 2.35. The van der Waals surface area contributed by atoms with Gasteiger partial charge in [0.05, 0.1) is 10.4 Å². The number of imidazole rings is 1. The van der Waals surface area contributed by atoms with E-state index in [1.165, 1.54) is 14.1 Å². The Bertz CT molecular complexity index is 390. The molecule has 0 N–H and O–H groups in total. The first-order valence-electron chi connectivity index (χ1n) is 3.39. The van der Waals surface area contributed by atoms with E-state index >= 15 is 0 Å². The van der Waals surface area contributed by atoms with Gasteiger partial charge in [-0.3, -0.25) is 4.40 Å². The summed E-state index contributed by atoms with van der Waals surface area (Å²) in [5, 5.41) is 1.31. The highest BCUT2D eigenvalue weighted by atomic mass is 32.2. The fourth-order valence-electron chi connectivity index (χ4n) is 1.06. The van der Waals surface area contributed by atoms with E-state index in [0.717, 1.165) is 0 Å². The predicted octanol–water partition coefficient (Wildman–Crippen LogP) is 2.84. The molecule has 2 heterocycles. The van der Waals surface area contributed by atoms with Crippen molar-refractivity contribution in [3.05, 3.63) is 12.5 Å². The molecule has 2 rings (SSSR count). The molecule has 2 nitrogen and oxygen atoms in total. The van der Waals surface area contributed by atoms with Crippen LogP contribution in [0, 0.1) is 0 Å². The van der Waals surface area contributed by atoms with Crippen LogP contribution in [0.5, 0.6) is 0 Å². The normalized spacial score (nSPS) is 11.2. The smallest absolute Gasteiger partial charge is 0.121 e. The first-order valence-corrected chi connectivity index (χ1v) is 6.66. The second kappa shape index (κ2) is 3.32. The second-order valence-electron chi connectivity index (χ2n) is 2.20. The van der Waals surface area contributed by atoms with E-state index in [2.05, 4.69) is 21.9 Å². The number of thioether (sulfide) groups is 2. The lowest BCUT2D eigenvalue weighted by molar-refractivity contribution is 1.00. The topological polar surface area (TPSA) is 17.3 Å². The summed E-state index contributed by atoms with van der Waals surface area (Å²) in [5.41, 5.74) is 0. The number of thiazole rings is 1. The van der Waals surface area contributed by atoms with Gasteiger partial charge in [-0.25, -0.2) is 4.98 Å². The summed E-state index contributed by atoms with van der Waals surface area (Å²) in [6, 6.07) is 0. The van der Waals surface area contributed by atoms with Gasteiger partial charge in [-0.2, -0.15) is 0 Å². The third kappa shape index (κ3) is 1.16. The summed E-state index contributed by atoms with van der Waals surface area (Å²) in [6.45, 7) is 0. The van der Waals surface area contributed by atoms with Crippen molar-refractivity contribution in [2.75, 3.05) is 12.5 Å². The Morgan fingerprint density at radius 2 is 2.25 bits per heavy atom. The van der Waals surface area contributed by atoms with E-state index in [-0.39, 0.29) is 0 Å². The molecule has 0 aliphatic heterocycles. The summed E-state index contributed by atoms with van der Waals surface area (Å²) in [4.78, 5) is 5.32. The van der Waals surface area contributed by atoms with Crippen LogP contribution in [-0.4, -0.2) is 21.9 Å². The number of hydrogen-bond donors (Lipinski definition) is 0. The molecule has 0 saturated carbocycles. The summed E-state index contributed by atoms with van der Waals surface area (Å²) in [5.74, 6) is 0. The fourth-order valence-corrected chi connectivity index (χ4v) is 4.09. The Hall–Kier alpha value is -0.130. The van der Waals surface area contributed by atoms with Crippen LogP contribution in [0.3, 0.4) is 0 Å². The maximum Gasteiger partial charge on any atom is 0.121 e. The summed E-state index contributed by atoms with van der Waals surface area (Å²) in [7, 11) is 0. The van der Waals surface area contributed by atoms with E-state index in [9.17, 15) is 0 Å². The molecule has 0 spiro atoms. The van der Waals surface area contributed by atoms with Crippen molar-refractivity contribution in [1.82, 2.24) is 9.38 Å². The van der Waals surface area contributed by atoms with Gasteiger partial charge in [0.1, 0.15) is 16.2 Å². The minimum atomic E-state index is 1.23. The van der Waals surface area contributed by atoms with Crippen LogP contribution in [0.2, 0.25) is 0 Å². The number of hydrogen-bond acceptors (Lipinski definition) is 4. The minimum Gasteiger partial charge on any atom is -0.283 e. The van der Waals surface area contributed by atoms with Crippen molar-refractivity contribution < 1.29 is 0 Å². The molecule has 0 radical (unpaired) electrons. The largest absolute Gasteiger partial charge is 0.283 e. The number of aromatic nitrogens is 2. The van der Waals surface area contributed by atoms with Gasteiger partial charge in [0, 0.05) is 0 Å². The van der Waals surface area contributed by atoms with Crippen LogP contribution < -0.4 is 0 Å². The average Bonchev–Trinajstić information content (AvgIpc) is 2.61. The van der Waals surface area contributed by atoms with Crippen molar-refractivity contribution in [2.24, 2.45) is 0 Å². The molecule has 2 aromatic rings. The maximum atomic E-state index is 4.10. The van der Waals surface area contributed by atoms with Crippen molar-refractivity contribution in [2.45, 2.75) is 9.24 Å². The molecule has 2 aromatic heterocycles. The SMILES string of the molecule is CSc1sc2cncn2c1SC. The number of rotatable bonds is 2. The maximum absolute atomic E-state index is 4.10. The fraction of sp³-hybridized carbons (Fsp3) is 0.286. The first-order chi connectivity index (χ1) is 5.86. The third-order valence-electron chi connectivity index (χ3n) is 1.57. The molecule has 0 bridgehead atoms. The van der Waals surface area contributed by atoms with E-state index in [1.54, 1.807) is 34.9 Å². The minimum absolute atomic E-state index is 1.23. The van der Waals surface area contributed by atoms with Crippen molar-refractivity contribution in [3.8, 4) is 0 Å². The highest BCUT2D eigenvalue weighted by molar-refractivity contribution is 8.03. The average molecular weight is 216 g/mol. The highest BCUT2D eigenvalue weighted by Gasteiger charge is 2.09. The van der Waals surface area contributed by atoms with Crippen LogP contribution in [0.1, 0.15) is 0 Å². The zero-order chi connectivity index (χ0) is 8.55. The predicted molar refractivity (Wildman–Crippen MR) is 56.6 cm³/mol. The Morgan fingerprint density at radius 1 is 1.42 bits per heavy atom. The van der Waals surface area contributed by atoms with Crippen LogP contribution in [-0.2, 0) is 0 Å². The van der Waals surface area contributed by atoms with Crippen molar-refractivity contribution >= 4 is 39.7 Å². The van der Waals surface area contributed by atoms with E-state index < -0.39 is 0 Å². The Labute approximate surface area is 83.4 Å². The van der Waals surface area contributed by atoms with Gasteiger partial charge in [0.15, 0.2) is 0 Å². The van der Waals surface area contributed by atoms with Gasteiger partial charge in [0.2, 0.25) is 0 Å². The molecule has 0 fully saturated rings. The van der Waals surface area contributed by atoms with Crippen molar-refractivity contribution in [1.29, 1.82) is 0 Å². The Kier molecular flexibility index (Phi) is 2.34. The quantitative estimate of drug-likeness (QED) is 0.719. The van der Waals surface area contributed by atoms with Gasteiger partial charge in [-0.1, -0.05) is 0 Å². The first kappa shape index (κ1) is 8.47. The van der Waals surface area contributed by atoms with E-state index in [0.29, 0.717) is 0 Å². The number of nitrogens with zero attached hydrogens (tertiary/aromatic N) is 2. The molecule has 0 unspecified atom stereocenters. The van der Waals surface area contributed by atoms with Gasteiger partial charge >= 0.3 is 0 Å². The summed E-state index contributed by atoms with van der Waals surface area (Å²) < 4.78 is 3.51. The molecular formula is C7H8N2S3. The van der Waals surface area contributed by atoms with Crippen LogP contribution >= 0.6 is 34.9 Å². The van der Waals surface area contributed by atoms with Gasteiger partial charge in [-0.05, 0) is 12.5 Å². The number of fused-ring (bicyclic) bond motifs is 1. The van der Waals surface area contributed by atoms with Gasteiger partial charge < -0.3 is 0 Å². The molecule has 5 heteroatoms. The lowest BCUT2D eigenvalue weighted by atomic mass is 10.9. The zero-order valence-electron chi connectivity index (χ0n) is 6.77. The standard InChI is InChI=1S/C7H8N2S3/c1-10-6-7(11-2)12-5-3-8-4-9(5)6/h3-4H,1-2H3. The molecule has 0 saturated heterocycles. The lowest BCUT2D eigenvalue weighted by Crippen LogP contribution is -1.79. The molecule has 0 aromatic carbocycles. The zero-order valence-corrected chi connectivity index (χ0v) is 9.22. The molecule has 64 valence electrons. The van der Waals surface area contributed by atoms with Crippen molar-refractivity contribution in [3.63, 3.8) is 0 Å². The summed E-state index contributed by atoms with van der Waals surface area (Å²) in [6.07, 6.45) is 7.99. The van der Waals surface area contributed by atoms with Gasteiger partial charge in [-0.15, -0.1) is 34.9 Å². The second-order valence-corrected chi connectivity index (χ2v) is 5.11. The van der Waals surface area contributed by atoms with Crippen LogP contribution in [0.15, 0.2) is 21.8 Å². The molecular weight excluding hydrogens is 208 g/mol. The molecule has 0 atom stereocenters. The lowest BCUT2D eigenvalue weighted by Gasteiger charge is -1.95. The molecule has 0 aliphatic carbocycles. The molecule has 12 heavy (non-hydrogen) atoms. The van der Waals surface area contributed by atoms with Crippen LogP contribution in [0.25, 0.3) is 4.83 Å². The Balaban J connectivity index is 2.70. The van der Waals surface area contributed by atoms with Crippen LogP contribution in [0.4, 0.5) is 0 Å². The molecule has 0 amide bonds.